The smallest absolute Gasteiger partial charge is 0.193 e. The first-order valence-corrected chi connectivity index (χ1v) is 7.66. The number of nitrogens with one attached hydrogen (secondary N) is 1. The highest BCUT2D eigenvalue weighted by Crippen LogP contribution is 2.27. The van der Waals surface area contributed by atoms with Crippen molar-refractivity contribution in [1.82, 2.24) is 4.90 Å². The molecule has 0 amide bonds. The Morgan fingerprint density at radius 1 is 1.55 bits per heavy atom. The molecular formula is C15H24ClIN4O. The number of methoxy groups -OCH3 is 1. The zero-order chi connectivity index (χ0) is 15.2. The number of rotatable bonds is 5. The van der Waals surface area contributed by atoms with Crippen LogP contribution in [-0.2, 0) is 0 Å². The first-order valence-electron chi connectivity index (χ1n) is 7.28. The highest BCUT2D eigenvalue weighted by molar-refractivity contribution is 14.0. The van der Waals surface area contributed by atoms with Gasteiger partial charge >= 0.3 is 0 Å². The predicted molar refractivity (Wildman–Crippen MR) is 104 cm³/mol. The number of aliphatic imine (C=N–C) groups is 1. The molecule has 22 heavy (non-hydrogen) atoms. The fourth-order valence-corrected chi connectivity index (χ4v) is 2.91. The van der Waals surface area contributed by atoms with E-state index in [9.17, 15) is 0 Å². The van der Waals surface area contributed by atoms with Crippen LogP contribution in [0, 0.1) is 0 Å². The molecule has 1 heterocycles. The Bertz CT molecular complexity index is 512. The maximum absolute atomic E-state index is 6.08. The van der Waals surface area contributed by atoms with Gasteiger partial charge in [0.1, 0.15) is 5.75 Å². The first-order chi connectivity index (χ1) is 10.1. The van der Waals surface area contributed by atoms with Gasteiger partial charge in [-0.2, -0.15) is 0 Å². The van der Waals surface area contributed by atoms with E-state index in [1.54, 1.807) is 19.2 Å². The van der Waals surface area contributed by atoms with Crippen LogP contribution in [-0.4, -0.2) is 43.6 Å². The summed E-state index contributed by atoms with van der Waals surface area (Å²) in [6, 6.07) is 5.95. The second-order valence-electron chi connectivity index (χ2n) is 5.12. The van der Waals surface area contributed by atoms with Gasteiger partial charge in [0, 0.05) is 11.7 Å². The highest BCUT2D eigenvalue weighted by atomic mass is 127. The van der Waals surface area contributed by atoms with Crippen LogP contribution in [0.5, 0.6) is 5.75 Å². The van der Waals surface area contributed by atoms with E-state index in [0.717, 1.165) is 25.3 Å². The molecule has 7 heteroatoms. The van der Waals surface area contributed by atoms with Gasteiger partial charge in [0.2, 0.25) is 0 Å². The molecule has 3 N–H and O–H groups in total. The molecule has 1 aromatic carbocycles. The summed E-state index contributed by atoms with van der Waals surface area (Å²) in [7, 11) is 1.59. The van der Waals surface area contributed by atoms with E-state index in [0.29, 0.717) is 22.8 Å². The van der Waals surface area contributed by atoms with Crippen molar-refractivity contribution in [1.29, 1.82) is 0 Å². The van der Waals surface area contributed by atoms with Gasteiger partial charge in [0.25, 0.3) is 0 Å². The molecule has 1 fully saturated rings. The maximum atomic E-state index is 6.08. The third-order valence-corrected chi connectivity index (χ3v) is 4.10. The molecule has 0 saturated carbocycles. The average molecular weight is 439 g/mol. The number of nitrogens with two attached hydrogens (primary N) is 1. The number of hydrogen-bond donors (Lipinski definition) is 2. The van der Waals surface area contributed by atoms with E-state index in [4.69, 9.17) is 22.1 Å². The molecule has 0 aromatic heterocycles. The van der Waals surface area contributed by atoms with Crippen LogP contribution in [0.2, 0.25) is 5.02 Å². The van der Waals surface area contributed by atoms with Crippen molar-refractivity contribution in [2.75, 3.05) is 32.1 Å². The fourth-order valence-electron chi connectivity index (χ4n) is 2.65. The van der Waals surface area contributed by atoms with Gasteiger partial charge in [0.05, 0.1) is 18.7 Å². The number of guanidine groups is 1. The topological polar surface area (TPSA) is 62.9 Å². The Labute approximate surface area is 154 Å². The van der Waals surface area contributed by atoms with Crippen LogP contribution in [0.25, 0.3) is 0 Å². The second kappa shape index (κ2) is 9.42. The summed E-state index contributed by atoms with van der Waals surface area (Å²) in [6.07, 6.45) is 2.44. The van der Waals surface area contributed by atoms with Crippen molar-refractivity contribution in [2.24, 2.45) is 10.7 Å². The molecule has 0 radical (unpaired) electrons. The Morgan fingerprint density at radius 2 is 2.32 bits per heavy atom. The lowest BCUT2D eigenvalue weighted by atomic mass is 10.2. The third kappa shape index (κ3) is 5.17. The average Bonchev–Trinajstić information content (AvgIpc) is 2.93. The minimum atomic E-state index is 0. The minimum Gasteiger partial charge on any atom is -0.495 e. The molecule has 2 rings (SSSR count). The largest absolute Gasteiger partial charge is 0.495 e. The number of nitrogens with zero attached hydrogens (tertiary/aromatic N) is 2. The van der Waals surface area contributed by atoms with Gasteiger partial charge in [-0.25, -0.2) is 0 Å². The summed E-state index contributed by atoms with van der Waals surface area (Å²) >= 11 is 6.08. The van der Waals surface area contributed by atoms with Crippen molar-refractivity contribution in [2.45, 2.75) is 25.8 Å². The summed E-state index contributed by atoms with van der Waals surface area (Å²) in [5, 5.41) is 3.60. The van der Waals surface area contributed by atoms with Gasteiger partial charge in [0.15, 0.2) is 5.96 Å². The molecule has 0 aliphatic carbocycles. The normalized spacial score (nSPS) is 18.9. The Hall–Kier alpha value is -0.730. The molecule has 0 bridgehead atoms. The molecular weight excluding hydrogens is 415 g/mol. The van der Waals surface area contributed by atoms with Crippen molar-refractivity contribution >= 4 is 47.2 Å². The quantitative estimate of drug-likeness (QED) is 0.421. The summed E-state index contributed by atoms with van der Waals surface area (Å²) in [5.74, 6) is 1.06. The van der Waals surface area contributed by atoms with Crippen molar-refractivity contribution in [3.05, 3.63) is 23.2 Å². The zero-order valence-electron chi connectivity index (χ0n) is 13.0. The summed E-state index contributed by atoms with van der Waals surface area (Å²) in [4.78, 5) is 6.88. The zero-order valence-corrected chi connectivity index (χ0v) is 16.1. The van der Waals surface area contributed by atoms with E-state index in [1.807, 2.05) is 6.07 Å². The SMILES string of the molecule is CCN1CCCC1CN=C(N)Nc1ccc(OC)c(Cl)c1.I. The monoisotopic (exact) mass is 438 g/mol. The van der Waals surface area contributed by atoms with E-state index in [-0.39, 0.29) is 24.0 Å². The Morgan fingerprint density at radius 3 is 2.95 bits per heavy atom. The van der Waals surface area contributed by atoms with Gasteiger partial charge < -0.3 is 15.8 Å². The van der Waals surface area contributed by atoms with Crippen LogP contribution >= 0.6 is 35.6 Å². The molecule has 1 saturated heterocycles. The summed E-state index contributed by atoms with van der Waals surface area (Å²) < 4.78 is 5.12. The predicted octanol–water partition coefficient (Wildman–Crippen LogP) is 3.18. The number of ether oxygens (including phenoxy) is 1. The third-order valence-electron chi connectivity index (χ3n) is 3.80. The van der Waals surface area contributed by atoms with E-state index in [2.05, 4.69) is 22.1 Å². The maximum Gasteiger partial charge on any atom is 0.193 e. The van der Waals surface area contributed by atoms with Crippen LogP contribution in [0.3, 0.4) is 0 Å². The summed E-state index contributed by atoms with van der Waals surface area (Å²) in [6.45, 7) is 5.15. The molecule has 0 spiro atoms. The van der Waals surface area contributed by atoms with Crippen molar-refractivity contribution in [3.8, 4) is 5.75 Å². The van der Waals surface area contributed by atoms with Crippen LogP contribution in [0.4, 0.5) is 5.69 Å². The van der Waals surface area contributed by atoms with Gasteiger partial charge in [-0.05, 0) is 44.1 Å². The van der Waals surface area contributed by atoms with Crippen molar-refractivity contribution < 1.29 is 4.74 Å². The van der Waals surface area contributed by atoms with Crippen LogP contribution < -0.4 is 15.8 Å². The highest BCUT2D eigenvalue weighted by Gasteiger charge is 2.22. The van der Waals surface area contributed by atoms with Gasteiger partial charge in [-0.3, -0.25) is 9.89 Å². The van der Waals surface area contributed by atoms with Crippen LogP contribution in [0.15, 0.2) is 23.2 Å². The number of likely N-dealkylation sites (N-methyl/N-ethyl adjacent to an activating group) is 1. The molecule has 1 atom stereocenters. The number of hydrogen-bond acceptors (Lipinski definition) is 3. The molecule has 5 nitrogen and oxygen atoms in total. The minimum absolute atomic E-state index is 0. The van der Waals surface area contributed by atoms with E-state index >= 15 is 0 Å². The second-order valence-corrected chi connectivity index (χ2v) is 5.53. The lowest BCUT2D eigenvalue weighted by Gasteiger charge is -2.21. The number of anilines is 1. The van der Waals surface area contributed by atoms with Gasteiger partial charge in [-0.1, -0.05) is 18.5 Å². The lowest BCUT2D eigenvalue weighted by molar-refractivity contribution is 0.273. The summed E-state index contributed by atoms with van der Waals surface area (Å²) in [5.41, 5.74) is 6.74. The standard InChI is InChI=1S/C15H23ClN4O.HI/c1-3-20-8-4-5-12(20)10-18-15(17)19-11-6-7-14(21-2)13(16)9-11;/h6-7,9,12H,3-5,8,10H2,1-2H3,(H3,17,18,19);1H. The van der Waals surface area contributed by atoms with Gasteiger partial charge in [-0.15, -0.1) is 24.0 Å². The van der Waals surface area contributed by atoms with E-state index < -0.39 is 0 Å². The van der Waals surface area contributed by atoms with Crippen molar-refractivity contribution in [3.63, 3.8) is 0 Å². The van der Waals surface area contributed by atoms with E-state index in [1.165, 1.54) is 12.8 Å². The fraction of sp³-hybridized carbons (Fsp3) is 0.533. The number of benzene rings is 1. The molecule has 1 aliphatic heterocycles. The molecule has 1 unspecified atom stereocenters. The Balaban J connectivity index is 0.00000242. The molecule has 1 aromatic rings. The molecule has 124 valence electrons. The molecule has 1 aliphatic rings. The lowest BCUT2D eigenvalue weighted by Crippen LogP contribution is -2.33. The Kier molecular flexibility index (Phi) is 8.27. The number of likely N-dealkylation sites (tertiary alicyclic amines) is 1. The van der Waals surface area contributed by atoms with Crippen LogP contribution in [0.1, 0.15) is 19.8 Å². The first kappa shape index (κ1) is 19.3. The number of halogens is 2.